The summed E-state index contributed by atoms with van der Waals surface area (Å²) in [7, 11) is 1.98. The Morgan fingerprint density at radius 3 is 2.93 bits per heavy atom. The Bertz CT molecular complexity index is 1080. The lowest BCUT2D eigenvalue weighted by Gasteiger charge is -2.07. The van der Waals surface area contributed by atoms with E-state index in [1.165, 1.54) is 16.0 Å². The van der Waals surface area contributed by atoms with E-state index in [0.717, 1.165) is 40.5 Å². The van der Waals surface area contributed by atoms with Crippen LogP contribution in [0, 0.1) is 6.92 Å². The SMILES string of the molecule is CNCCc1cccc(-c2cc3nc(NCCN)c4ncc(C)n4c3s2)c1. The third-order valence-corrected chi connectivity index (χ3v) is 5.75. The van der Waals surface area contributed by atoms with Gasteiger partial charge in [-0.25, -0.2) is 9.97 Å². The fraction of sp³-hybridized carbons (Fsp3) is 0.300. The van der Waals surface area contributed by atoms with Crippen LogP contribution in [0.15, 0.2) is 36.5 Å². The molecular formula is C20H24N6S. The van der Waals surface area contributed by atoms with Gasteiger partial charge in [0.1, 0.15) is 10.3 Å². The van der Waals surface area contributed by atoms with Crippen molar-refractivity contribution in [2.75, 3.05) is 32.0 Å². The lowest BCUT2D eigenvalue weighted by molar-refractivity contribution is 0.792. The zero-order valence-electron chi connectivity index (χ0n) is 15.6. The van der Waals surface area contributed by atoms with Crippen LogP contribution in [-0.2, 0) is 6.42 Å². The molecule has 0 amide bonds. The molecule has 3 heterocycles. The number of imidazole rings is 1. The van der Waals surface area contributed by atoms with Gasteiger partial charge in [0.15, 0.2) is 11.5 Å². The summed E-state index contributed by atoms with van der Waals surface area (Å²) in [5, 5.41) is 6.51. The minimum absolute atomic E-state index is 0.555. The van der Waals surface area contributed by atoms with Crippen LogP contribution in [0.25, 0.3) is 26.4 Å². The molecule has 0 radical (unpaired) electrons. The zero-order valence-corrected chi connectivity index (χ0v) is 16.4. The van der Waals surface area contributed by atoms with E-state index < -0.39 is 0 Å². The van der Waals surface area contributed by atoms with Crippen molar-refractivity contribution in [1.29, 1.82) is 0 Å². The van der Waals surface area contributed by atoms with Crippen LogP contribution >= 0.6 is 11.3 Å². The number of hydrogen-bond acceptors (Lipinski definition) is 6. The van der Waals surface area contributed by atoms with E-state index in [2.05, 4.69) is 57.3 Å². The molecule has 0 saturated carbocycles. The molecule has 0 spiro atoms. The first-order valence-electron chi connectivity index (χ1n) is 9.16. The summed E-state index contributed by atoms with van der Waals surface area (Å²) in [6, 6.07) is 10.9. The molecule has 0 atom stereocenters. The highest BCUT2D eigenvalue weighted by atomic mass is 32.1. The Morgan fingerprint density at radius 2 is 2.11 bits per heavy atom. The molecule has 0 aliphatic rings. The van der Waals surface area contributed by atoms with Gasteiger partial charge in [0.2, 0.25) is 0 Å². The molecule has 0 aliphatic heterocycles. The van der Waals surface area contributed by atoms with Crippen molar-refractivity contribution < 1.29 is 0 Å². The van der Waals surface area contributed by atoms with Crippen molar-refractivity contribution in [2.24, 2.45) is 5.73 Å². The van der Waals surface area contributed by atoms with Crippen molar-refractivity contribution in [2.45, 2.75) is 13.3 Å². The molecule has 4 rings (SSSR count). The Balaban J connectivity index is 1.82. The van der Waals surface area contributed by atoms with Crippen molar-refractivity contribution in [3.05, 3.63) is 47.8 Å². The molecule has 6 nitrogen and oxygen atoms in total. The fourth-order valence-corrected chi connectivity index (χ4v) is 4.40. The van der Waals surface area contributed by atoms with E-state index >= 15 is 0 Å². The van der Waals surface area contributed by atoms with Gasteiger partial charge in [0.05, 0.1) is 0 Å². The fourth-order valence-electron chi connectivity index (χ4n) is 3.24. The van der Waals surface area contributed by atoms with Crippen LogP contribution in [-0.4, -0.2) is 41.1 Å². The topological polar surface area (TPSA) is 80.3 Å². The number of nitrogens with one attached hydrogen (secondary N) is 2. The normalized spacial score (nSPS) is 11.5. The largest absolute Gasteiger partial charge is 0.366 e. The van der Waals surface area contributed by atoms with E-state index in [-0.39, 0.29) is 0 Å². The van der Waals surface area contributed by atoms with Crippen molar-refractivity contribution >= 4 is 33.1 Å². The Morgan fingerprint density at radius 1 is 1.22 bits per heavy atom. The summed E-state index contributed by atoms with van der Waals surface area (Å²) in [6.07, 6.45) is 2.91. The van der Waals surface area contributed by atoms with Crippen LogP contribution in [0.2, 0.25) is 0 Å². The Hall–Kier alpha value is -2.48. The number of anilines is 1. The number of hydrogen-bond donors (Lipinski definition) is 3. The highest BCUT2D eigenvalue weighted by molar-refractivity contribution is 7.21. The standard InChI is InChI=1S/C20H24N6S/c1-13-12-24-19-18(23-9-7-21)25-16-11-17(27-20(16)26(13)19)15-5-3-4-14(10-15)6-8-22-2/h3-5,10-12,22H,6-9,21H2,1-2H3,(H,23,25). The number of fused-ring (bicyclic) bond motifs is 3. The Kier molecular flexibility index (Phi) is 5.07. The molecule has 27 heavy (non-hydrogen) atoms. The maximum Gasteiger partial charge on any atom is 0.181 e. The smallest absolute Gasteiger partial charge is 0.181 e. The molecule has 4 aromatic rings. The van der Waals surface area contributed by atoms with Gasteiger partial charge in [0, 0.05) is 29.9 Å². The summed E-state index contributed by atoms with van der Waals surface area (Å²) >= 11 is 1.76. The number of nitrogens with two attached hydrogens (primary N) is 1. The third kappa shape index (κ3) is 3.41. The third-order valence-electron chi connectivity index (χ3n) is 4.59. The minimum atomic E-state index is 0.555. The van der Waals surface area contributed by atoms with Crippen LogP contribution in [0.5, 0.6) is 0 Å². The first kappa shape index (κ1) is 17.9. The van der Waals surface area contributed by atoms with Gasteiger partial charge < -0.3 is 16.4 Å². The monoisotopic (exact) mass is 380 g/mol. The van der Waals surface area contributed by atoms with Gasteiger partial charge >= 0.3 is 0 Å². The lowest BCUT2D eigenvalue weighted by atomic mass is 10.1. The molecule has 1 aromatic carbocycles. The number of aryl methyl sites for hydroxylation is 1. The maximum absolute atomic E-state index is 5.65. The molecular weight excluding hydrogens is 356 g/mol. The number of nitrogens with zero attached hydrogens (tertiary/aromatic N) is 3. The molecule has 3 aromatic heterocycles. The van der Waals surface area contributed by atoms with E-state index in [4.69, 9.17) is 10.7 Å². The van der Waals surface area contributed by atoms with E-state index in [1.807, 2.05) is 13.2 Å². The highest BCUT2D eigenvalue weighted by Crippen LogP contribution is 2.35. The van der Waals surface area contributed by atoms with E-state index in [1.54, 1.807) is 11.3 Å². The van der Waals surface area contributed by atoms with Gasteiger partial charge in [0.25, 0.3) is 0 Å². The summed E-state index contributed by atoms with van der Waals surface area (Å²) < 4.78 is 2.18. The number of likely N-dealkylation sites (N-methyl/N-ethyl adjacent to an activating group) is 1. The van der Waals surface area contributed by atoms with Crippen LogP contribution in [0.1, 0.15) is 11.3 Å². The quantitative estimate of drug-likeness (QED) is 0.459. The molecule has 0 fully saturated rings. The first-order chi connectivity index (χ1) is 13.2. The molecule has 4 N–H and O–H groups in total. The molecule has 0 saturated heterocycles. The lowest BCUT2D eigenvalue weighted by Crippen LogP contribution is -2.14. The number of rotatable bonds is 7. The maximum atomic E-state index is 5.65. The second kappa shape index (κ2) is 7.64. The van der Waals surface area contributed by atoms with Gasteiger partial charge in [-0.2, -0.15) is 0 Å². The number of thiophene rings is 1. The van der Waals surface area contributed by atoms with E-state index in [9.17, 15) is 0 Å². The van der Waals surface area contributed by atoms with Gasteiger partial charge in [-0.3, -0.25) is 4.40 Å². The molecule has 0 aliphatic carbocycles. The predicted molar refractivity (Wildman–Crippen MR) is 114 cm³/mol. The summed E-state index contributed by atoms with van der Waals surface area (Å²) in [6.45, 7) is 4.27. The summed E-state index contributed by atoms with van der Waals surface area (Å²) in [5.41, 5.74) is 11.1. The molecule has 0 unspecified atom stereocenters. The van der Waals surface area contributed by atoms with Gasteiger partial charge in [-0.05, 0) is 44.1 Å². The second-order valence-corrected chi connectivity index (χ2v) is 7.62. The zero-order chi connectivity index (χ0) is 18.8. The average Bonchev–Trinajstić information content (AvgIpc) is 3.28. The summed E-state index contributed by atoms with van der Waals surface area (Å²) in [4.78, 5) is 11.7. The first-order valence-corrected chi connectivity index (χ1v) is 9.98. The molecule has 0 bridgehead atoms. The van der Waals surface area contributed by atoms with Crippen molar-refractivity contribution in [1.82, 2.24) is 19.7 Å². The highest BCUT2D eigenvalue weighted by Gasteiger charge is 2.15. The number of aromatic nitrogens is 3. The van der Waals surface area contributed by atoms with E-state index in [0.29, 0.717) is 13.1 Å². The van der Waals surface area contributed by atoms with Crippen LogP contribution in [0.4, 0.5) is 5.82 Å². The molecule has 7 heteroatoms. The average molecular weight is 381 g/mol. The minimum Gasteiger partial charge on any atom is -0.366 e. The second-order valence-electron chi connectivity index (χ2n) is 6.59. The van der Waals surface area contributed by atoms with Crippen LogP contribution in [0.3, 0.4) is 0 Å². The van der Waals surface area contributed by atoms with Gasteiger partial charge in [-0.15, -0.1) is 11.3 Å². The predicted octanol–water partition coefficient (Wildman–Crippen LogP) is 3.05. The number of benzene rings is 1. The van der Waals surface area contributed by atoms with Gasteiger partial charge in [-0.1, -0.05) is 24.3 Å². The van der Waals surface area contributed by atoms with Crippen LogP contribution < -0.4 is 16.4 Å². The summed E-state index contributed by atoms with van der Waals surface area (Å²) in [5.74, 6) is 0.785. The Labute approximate surface area is 162 Å². The van der Waals surface area contributed by atoms with Crippen molar-refractivity contribution in [3.8, 4) is 10.4 Å². The van der Waals surface area contributed by atoms with Crippen molar-refractivity contribution in [3.63, 3.8) is 0 Å². The molecule has 140 valence electrons.